The van der Waals surface area contributed by atoms with Crippen molar-refractivity contribution < 1.29 is 9.59 Å². The summed E-state index contributed by atoms with van der Waals surface area (Å²) in [6.45, 7) is 6.59. The van der Waals surface area contributed by atoms with Crippen molar-refractivity contribution >= 4 is 28.9 Å². The molecule has 3 rings (SSSR count). The fraction of sp³-hybridized carbons (Fsp3) is 0.176. The molecule has 2 heterocycles. The predicted octanol–water partition coefficient (Wildman–Crippen LogP) is 2.74. The molecule has 1 fully saturated rings. The number of urea groups is 1. The van der Waals surface area contributed by atoms with Crippen LogP contribution in [0.15, 0.2) is 48.8 Å². The van der Waals surface area contributed by atoms with Crippen LogP contribution in [0.4, 0.5) is 4.79 Å². The lowest BCUT2D eigenvalue weighted by atomic mass is 10.1. The van der Waals surface area contributed by atoms with Crippen molar-refractivity contribution in [1.29, 1.82) is 0 Å². The molecule has 5 nitrogen and oxygen atoms in total. The molecule has 112 valence electrons. The number of hydrogen-bond acceptors (Lipinski definition) is 2. The maximum absolute atomic E-state index is 12.2. The number of imide groups is 1. The highest BCUT2D eigenvalue weighted by atomic mass is 16.2. The Balaban J connectivity index is 2.08. The second kappa shape index (κ2) is 5.52. The van der Waals surface area contributed by atoms with E-state index >= 15 is 0 Å². The van der Waals surface area contributed by atoms with Gasteiger partial charge in [-0.25, -0.2) is 4.79 Å². The van der Waals surface area contributed by atoms with Crippen LogP contribution in [0, 0.1) is 0 Å². The molecule has 22 heavy (non-hydrogen) atoms. The minimum absolute atomic E-state index is 0.284. The van der Waals surface area contributed by atoms with Gasteiger partial charge in [0.05, 0.1) is 0 Å². The highest BCUT2D eigenvalue weighted by Crippen LogP contribution is 2.24. The summed E-state index contributed by atoms with van der Waals surface area (Å²) in [7, 11) is 0. The summed E-state index contributed by atoms with van der Waals surface area (Å²) in [5.74, 6) is -0.284. The number of benzene rings is 1. The van der Waals surface area contributed by atoms with Gasteiger partial charge in [0, 0.05) is 35.8 Å². The molecule has 0 saturated carbocycles. The number of likely N-dealkylation sites (N-methyl/N-ethyl adjacent to an activating group) is 1. The first-order valence-corrected chi connectivity index (χ1v) is 7.19. The van der Waals surface area contributed by atoms with E-state index in [1.165, 1.54) is 4.90 Å². The molecule has 0 bridgehead atoms. The Bertz CT molecular complexity index is 801. The van der Waals surface area contributed by atoms with E-state index in [1.54, 1.807) is 13.0 Å². The van der Waals surface area contributed by atoms with Gasteiger partial charge in [-0.15, -0.1) is 6.58 Å². The van der Waals surface area contributed by atoms with Gasteiger partial charge in [0.2, 0.25) is 0 Å². The van der Waals surface area contributed by atoms with Crippen molar-refractivity contribution in [3.63, 3.8) is 0 Å². The fourth-order valence-corrected chi connectivity index (χ4v) is 2.69. The van der Waals surface area contributed by atoms with E-state index in [4.69, 9.17) is 0 Å². The molecule has 0 spiro atoms. The first kappa shape index (κ1) is 14.1. The lowest BCUT2D eigenvalue weighted by molar-refractivity contribution is -0.122. The summed E-state index contributed by atoms with van der Waals surface area (Å²) in [5.41, 5.74) is 2.28. The summed E-state index contributed by atoms with van der Waals surface area (Å²) in [4.78, 5) is 25.1. The first-order valence-electron chi connectivity index (χ1n) is 7.19. The number of aromatic nitrogens is 1. The van der Waals surface area contributed by atoms with Crippen LogP contribution in [0.25, 0.3) is 17.0 Å². The molecule has 1 aliphatic heterocycles. The average Bonchev–Trinajstić information content (AvgIpc) is 2.99. The summed E-state index contributed by atoms with van der Waals surface area (Å²) >= 11 is 0. The second-order valence-corrected chi connectivity index (χ2v) is 5.08. The zero-order valence-corrected chi connectivity index (χ0v) is 12.4. The van der Waals surface area contributed by atoms with Crippen LogP contribution in [0.3, 0.4) is 0 Å². The molecular weight excluding hydrogens is 278 g/mol. The summed E-state index contributed by atoms with van der Waals surface area (Å²) < 4.78 is 2.06. The average molecular weight is 295 g/mol. The number of para-hydroxylation sites is 1. The van der Waals surface area contributed by atoms with Crippen molar-refractivity contribution in [1.82, 2.24) is 14.8 Å². The van der Waals surface area contributed by atoms with Gasteiger partial charge in [0.25, 0.3) is 5.91 Å². The van der Waals surface area contributed by atoms with E-state index in [2.05, 4.69) is 16.5 Å². The molecule has 1 N–H and O–H groups in total. The lowest BCUT2D eigenvalue weighted by Crippen LogP contribution is -2.30. The highest BCUT2D eigenvalue weighted by molar-refractivity contribution is 6.14. The third-order valence-electron chi connectivity index (χ3n) is 3.72. The molecule has 1 aromatic heterocycles. The number of nitrogens with one attached hydrogen (secondary N) is 1. The largest absolute Gasteiger partial charge is 0.343 e. The molecule has 5 heteroatoms. The number of fused-ring (bicyclic) bond motifs is 1. The van der Waals surface area contributed by atoms with Crippen molar-refractivity contribution in [2.24, 2.45) is 0 Å². The predicted molar refractivity (Wildman–Crippen MR) is 86.0 cm³/mol. The first-order chi connectivity index (χ1) is 10.7. The second-order valence-electron chi connectivity index (χ2n) is 5.08. The molecule has 0 radical (unpaired) electrons. The number of hydrogen-bond donors (Lipinski definition) is 1. The van der Waals surface area contributed by atoms with Crippen LogP contribution >= 0.6 is 0 Å². The molecule has 0 aliphatic carbocycles. The minimum atomic E-state index is -0.367. The Morgan fingerprint density at radius 2 is 2.05 bits per heavy atom. The number of carbonyl (C=O) groups excluding carboxylic acids is 2. The van der Waals surface area contributed by atoms with E-state index in [1.807, 2.05) is 36.5 Å². The van der Waals surface area contributed by atoms with E-state index in [0.29, 0.717) is 18.8 Å². The third-order valence-corrected chi connectivity index (χ3v) is 3.72. The normalized spacial score (nSPS) is 16.6. The molecule has 1 aliphatic rings. The third kappa shape index (κ3) is 2.20. The quantitative estimate of drug-likeness (QED) is 0.535. The summed E-state index contributed by atoms with van der Waals surface area (Å²) in [6, 6.07) is 7.58. The lowest BCUT2D eigenvalue weighted by Gasteiger charge is -2.05. The van der Waals surface area contributed by atoms with Gasteiger partial charge >= 0.3 is 6.03 Å². The zero-order valence-electron chi connectivity index (χ0n) is 12.4. The molecule has 0 atom stereocenters. The molecule has 3 amide bonds. The summed E-state index contributed by atoms with van der Waals surface area (Å²) in [5, 5.41) is 3.66. The van der Waals surface area contributed by atoms with Gasteiger partial charge in [-0.3, -0.25) is 9.69 Å². The van der Waals surface area contributed by atoms with Crippen LogP contribution in [0.5, 0.6) is 0 Å². The molecule has 2 aromatic rings. The van der Waals surface area contributed by atoms with Gasteiger partial charge in [0.15, 0.2) is 0 Å². The Morgan fingerprint density at radius 1 is 1.27 bits per heavy atom. The van der Waals surface area contributed by atoms with E-state index < -0.39 is 0 Å². The van der Waals surface area contributed by atoms with Crippen LogP contribution in [0.2, 0.25) is 0 Å². The van der Waals surface area contributed by atoms with Gasteiger partial charge in [-0.1, -0.05) is 24.3 Å². The highest BCUT2D eigenvalue weighted by Gasteiger charge is 2.32. The Labute approximate surface area is 128 Å². The van der Waals surface area contributed by atoms with E-state index in [9.17, 15) is 9.59 Å². The SMILES string of the molecule is C=CCn1cc(C=C2NC(=O)N(CC)C2=O)c2ccccc21. The number of carbonyl (C=O) groups is 2. The molecule has 0 unspecified atom stereocenters. The Hall–Kier alpha value is -2.82. The van der Waals surface area contributed by atoms with Gasteiger partial charge in [-0.05, 0) is 19.1 Å². The number of amides is 3. The number of rotatable bonds is 4. The Morgan fingerprint density at radius 3 is 2.73 bits per heavy atom. The smallest absolute Gasteiger partial charge is 0.328 e. The van der Waals surface area contributed by atoms with Crippen LogP contribution in [-0.4, -0.2) is 28.0 Å². The van der Waals surface area contributed by atoms with Crippen molar-refractivity contribution in [3.8, 4) is 0 Å². The minimum Gasteiger partial charge on any atom is -0.343 e. The van der Waals surface area contributed by atoms with Crippen molar-refractivity contribution in [3.05, 3.63) is 54.4 Å². The van der Waals surface area contributed by atoms with Crippen molar-refractivity contribution in [2.75, 3.05) is 6.54 Å². The topological polar surface area (TPSA) is 54.3 Å². The Kier molecular flexibility index (Phi) is 3.55. The van der Waals surface area contributed by atoms with Crippen LogP contribution in [0.1, 0.15) is 12.5 Å². The van der Waals surface area contributed by atoms with Crippen LogP contribution < -0.4 is 5.32 Å². The van der Waals surface area contributed by atoms with Crippen LogP contribution in [-0.2, 0) is 11.3 Å². The maximum Gasteiger partial charge on any atom is 0.328 e. The standard InChI is InChI=1S/C17H17N3O2/c1-3-9-19-11-12(13-7-5-6-8-15(13)19)10-14-16(21)20(4-2)17(22)18-14/h3,5-8,10-11H,1,4,9H2,2H3,(H,18,22). The van der Waals surface area contributed by atoms with E-state index in [0.717, 1.165) is 16.5 Å². The maximum atomic E-state index is 12.2. The van der Waals surface area contributed by atoms with Crippen molar-refractivity contribution in [2.45, 2.75) is 13.5 Å². The van der Waals surface area contributed by atoms with Gasteiger partial charge < -0.3 is 9.88 Å². The van der Waals surface area contributed by atoms with Gasteiger partial charge in [-0.2, -0.15) is 0 Å². The molecule has 1 aromatic carbocycles. The number of nitrogens with zero attached hydrogens (tertiary/aromatic N) is 2. The fourth-order valence-electron chi connectivity index (χ4n) is 2.69. The zero-order chi connectivity index (χ0) is 15.7. The van der Waals surface area contributed by atoms with E-state index in [-0.39, 0.29) is 11.9 Å². The monoisotopic (exact) mass is 295 g/mol. The summed E-state index contributed by atoms with van der Waals surface area (Å²) in [6.07, 6.45) is 5.52. The molecular formula is C17H17N3O2. The number of allylic oxidation sites excluding steroid dienone is 1. The molecule has 1 saturated heterocycles. The van der Waals surface area contributed by atoms with Gasteiger partial charge in [0.1, 0.15) is 5.70 Å².